The molecule has 6 aromatic heterocycles. The lowest BCUT2D eigenvalue weighted by Gasteiger charge is -2.26. The van der Waals surface area contributed by atoms with E-state index >= 15 is 0 Å². The van der Waals surface area contributed by atoms with Crippen molar-refractivity contribution < 1.29 is 11.4 Å². The van der Waals surface area contributed by atoms with Gasteiger partial charge in [-0.1, -0.05) is 164 Å². The van der Waals surface area contributed by atoms with Gasteiger partial charge in [-0.15, -0.1) is 0 Å². The molecule has 0 atom stereocenters. The minimum Gasteiger partial charge on any atom is -0.576 e. The lowest BCUT2D eigenvalue weighted by Crippen LogP contribution is -2.37. The smallest absolute Gasteiger partial charge is 0.576 e. The van der Waals surface area contributed by atoms with Gasteiger partial charge in [0.25, 0.3) is 0 Å². The molecule has 0 bridgehead atoms. The minimum atomic E-state index is -2.86. The van der Waals surface area contributed by atoms with Crippen LogP contribution >= 0.6 is 0 Å². The molecule has 18 aromatic rings. The Labute approximate surface area is 534 Å². The van der Waals surface area contributed by atoms with Crippen molar-refractivity contribution in [2.24, 2.45) is 0 Å². The summed E-state index contributed by atoms with van der Waals surface area (Å²) in [5, 5.41) is 10.5. The summed E-state index contributed by atoms with van der Waals surface area (Å²) >= 11 is -2.86. The van der Waals surface area contributed by atoms with Crippen LogP contribution in [0.3, 0.4) is 0 Å². The highest BCUT2D eigenvalue weighted by atomic mass is 27.3. The second-order valence-electron chi connectivity index (χ2n) is 22.6. The molecule has 0 saturated heterocycles. The van der Waals surface area contributed by atoms with Crippen LogP contribution < -0.4 is 16.3 Å². The number of aromatic nitrogens is 6. The van der Waals surface area contributed by atoms with E-state index in [1.54, 1.807) is 18.6 Å². The molecule has 0 saturated carbocycles. The number of nitrogens with zero attached hydrogens (tertiary/aromatic N) is 7. The third-order valence-electron chi connectivity index (χ3n) is 17.3. The molecular weight excluding hydrogens is 1150 g/mol. The normalized spacial score (nSPS) is 11.5. The summed E-state index contributed by atoms with van der Waals surface area (Å²) in [6, 6.07) is 108. The van der Waals surface area contributed by atoms with Crippen LogP contribution in [0, 0.1) is 0 Å². The lowest BCUT2D eigenvalue weighted by molar-refractivity contribution is 0.311. The number of anilines is 3. The van der Waals surface area contributed by atoms with Crippen molar-refractivity contribution in [1.82, 2.24) is 28.7 Å². The predicted molar refractivity (Wildman–Crippen MR) is 377 cm³/mol. The van der Waals surface area contributed by atoms with Crippen LogP contribution in [0.4, 0.5) is 17.1 Å². The Balaban J connectivity index is 0.000000162. The maximum Gasteiger partial charge on any atom is 1.20 e. The van der Waals surface area contributed by atoms with Gasteiger partial charge in [0.1, 0.15) is 33.8 Å². The molecule has 6 heterocycles. The largest absolute Gasteiger partial charge is 1.20 e. The van der Waals surface area contributed by atoms with Crippen molar-refractivity contribution in [2.75, 3.05) is 4.90 Å². The van der Waals surface area contributed by atoms with Crippen LogP contribution in [-0.4, -0.2) is 43.8 Å². The average Bonchev–Trinajstić information content (AvgIpc) is 1.63. The number of pyridine rings is 3. The van der Waals surface area contributed by atoms with E-state index in [-0.39, 0.29) is 0 Å². The molecule has 434 valence electrons. The third-order valence-corrected chi connectivity index (χ3v) is 18.6. The van der Waals surface area contributed by atoms with E-state index < -0.39 is 15.1 Å². The quantitative estimate of drug-likeness (QED) is 0.113. The van der Waals surface area contributed by atoms with Crippen LogP contribution in [0.25, 0.3) is 115 Å². The van der Waals surface area contributed by atoms with Gasteiger partial charge in [-0.05, 0) is 146 Å². The van der Waals surface area contributed by atoms with Gasteiger partial charge >= 0.3 is 15.1 Å². The summed E-state index contributed by atoms with van der Waals surface area (Å²) in [5.74, 6) is 1.82. The van der Waals surface area contributed by atoms with Gasteiger partial charge in [0.15, 0.2) is 0 Å². The summed E-state index contributed by atoms with van der Waals surface area (Å²) in [6.07, 6.45) is 5.24. The first-order chi connectivity index (χ1) is 45.6. The Hall–Kier alpha value is -12.0. The van der Waals surface area contributed by atoms with Gasteiger partial charge in [-0.3, -0.25) is 15.0 Å². The number of para-hydroxylation sites is 9. The molecule has 0 unspecified atom stereocenters. The van der Waals surface area contributed by atoms with Crippen LogP contribution in [0.1, 0.15) is 0 Å². The van der Waals surface area contributed by atoms with Crippen LogP contribution in [0.2, 0.25) is 0 Å². The van der Waals surface area contributed by atoms with Gasteiger partial charge in [0, 0.05) is 101 Å². The minimum absolute atomic E-state index is 0.608. The maximum absolute atomic E-state index is 6.41. The van der Waals surface area contributed by atoms with E-state index in [2.05, 4.69) is 252 Å². The molecular formula is C81H54AlN7O3. The molecule has 0 fully saturated rings. The fourth-order valence-electron chi connectivity index (χ4n) is 13.2. The number of fused-ring (bicyclic) bond motifs is 12. The Morgan fingerprint density at radius 1 is 0.239 bits per heavy atom. The van der Waals surface area contributed by atoms with Gasteiger partial charge in [-0.25, -0.2) is 0 Å². The van der Waals surface area contributed by atoms with Crippen molar-refractivity contribution in [3.8, 4) is 34.3 Å². The highest BCUT2D eigenvalue weighted by Crippen LogP contribution is 2.41. The Bertz CT molecular complexity index is 5040. The molecule has 0 amide bonds. The first-order valence-corrected chi connectivity index (χ1v) is 32.1. The lowest BCUT2D eigenvalue weighted by atomic mass is 10.1. The van der Waals surface area contributed by atoms with Gasteiger partial charge in [-0.2, -0.15) is 0 Å². The summed E-state index contributed by atoms with van der Waals surface area (Å²) in [5.41, 5.74) is 16.1. The molecule has 0 aliphatic heterocycles. The molecule has 18 rings (SSSR count). The molecule has 0 N–H and O–H groups in total. The third kappa shape index (κ3) is 9.64. The topological polar surface area (TPSA) is 84.4 Å². The number of hydrogen-bond acceptors (Lipinski definition) is 7. The van der Waals surface area contributed by atoms with Crippen molar-refractivity contribution in [3.63, 3.8) is 0 Å². The maximum atomic E-state index is 6.41. The van der Waals surface area contributed by atoms with E-state index in [0.717, 1.165) is 66.8 Å². The summed E-state index contributed by atoms with van der Waals surface area (Å²) < 4.78 is 26.4. The van der Waals surface area contributed by atoms with E-state index in [0.29, 0.717) is 17.2 Å². The van der Waals surface area contributed by atoms with Crippen LogP contribution in [0.5, 0.6) is 17.2 Å². The fraction of sp³-hybridized carbons (Fsp3) is 0. The van der Waals surface area contributed by atoms with Gasteiger partial charge in [0.2, 0.25) is 0 Å². The summed E-state index contributed by atoms with van der Waals surface area (Å²) in [7, 11) is 0. The van der Waals surface area contributed by atoms with Crippen LogP contribution in [0.15, 0.2) is 328 Å². The summed E-state index contributed by atoms with van der Waals surface area (Å²) in [4.78, 5) is 15.9. The Kier molecular flexibility index (Phi) is 13.7. The zero-order valence-electron chi connectivity index (χ0n) is 49.6. The highest BCUT2D eigenvalue weighted by molar-refractivity contribution is 6.40. The molecule has 11 heteroatoms. The molecule has 0 spiro atoms. The van der Waals surface area contributed by atoms with E-state index in [1.807, 2.05) is 91.0 Å². The summed E-state index contributed by atoms with van der Waals surface area (Å²) in [6.45, 7) is 0. The molecule has 92 heavy (non-hydrogen) atoms. The molecule has 0 aliphatic rings. The second kappa shape index (κ2) is 23.2. The average molecular weight is 1200 g/mol. The first kappa shape index (κ1) is 54.2. The van der Waals surface area contributed by atoms with E-state index in [1.165, 1.54) is 65.4 Å². The molecule has 10 nitrogen and oxygen atoms in total. The van der Waals surface area contributed by atoms with Gasteiger partial charge in [0.05, 0.1) is 33.1 Å². The Morgan fingerprint density at radius 3 is 0.739 bits per heavy atom. The molecule has 0 aliphatic carbocycles. The molecule has 12 aromatic carbocycles. The van der Waals surface area contributed by atoms with Gasteiger partial charge < -0.3 is 30.0 Å². The van der Waals surface area contributed by atoms with E-state index in [9.17, 15) is 0 Å². The molecule has 0 radical (unpaired) electrons. The number of rotatable bonds is 12. The standard InChI is InChI=1S/C54H36N4.3C9H7NO.Al/c1-7-19-49-43(13-1)44-14-2-8-20-50(44)56(49)40-31-25-37(26-32-40)55(38-27-33-41(34-28-38)57-51-21-9-3-15-45(51)46-16-4-10-22-52(46)57)39-29-35-42(36-30-39)58-53-23-11-5-17-47(53)48-18-6-12-24-54(48)58;3*11-8-5-1-3-7-4-2-6-10-9(7)8;/h1-36H;3*1-6,11H;/q;;;;+3/p-3. The number of hydrogen-bond donors (Lipinski definition) is 0. The van der Waals surface area contributed by atoms with Crippen LogP contribution in [-0.2, 0) is 0 Å². The fourth-order valence-corrected chi connectivity index (χ4v) is 14.5. The van der Waals surface area contributed by atoms with Crippen molar-refractivity contribution in [1.29, 1.82) is 0 Å². The zero-order chi connectivity index (χ0) is 60.9. The zero-order valence-corrected chi connectivity index (χ0v) is 50.8. The van der Waals surface area contributed by atoms with Crippen molar-refractivity contribution >= 4 is 130 Å². The van der Waals surface area contributed by atoms with Crippen molar-refractivity contribution in [2.45, 2.75) is 0 Å². The first-order valence-electron chi connectivity index (χ1n) is 30.7. The second-order valence-corrected chi connectivity index (χ2v) is 23.9. The highest BCUT2D eigenvalue weighted by Gasteiger charge is 2.46. The van der Waals surface area contributed by atoms with E-state index in [4.69, 9.17) is 11.4 Å². The Morgan fingerprint density at radius 2 is 0.478 bits per heavy atom. The SMILES string of the molecule is c1ccc2c(c1)c1ccccc1n2-c1ccc(N(c2ccc(-n3c4ccccc4c4ccccc43)cc2)c2ccc(-n3c4ccccc4c4ccccc43)cc2)cc1.c1cnc2c([O][Al]([O]c3cccc4cccnc34)[O]c3cccc4cccnc34)cccc2c1. The monoisotopic (exact) mass is 1200 g/mol. The number of benzene rings is 12. The van der Waals surface area contributed by atoms with Crippen molar-refractivity contribution in [3.05, 3.63) is 328 Å². The predicted octanol–water partition coefficient (Wildman–Crippen LogP) is 20.3.